The van der Waals surface area contributed by atoms with Crippen molar-refractivity contribution in [2.75, 3.05) is 12.9 Å². The minimum absolute atomic E-state index is 0.204. The summed E-state index contributed by atoms with van der Waals surface area (Å²) < 4.78 is 5.16. The summed E-state index contributed by atoms with van der Waals surface area (Å²) in [4.78, 5) is 0. The Morgan fingerprint density at radius 2 is 1.95 bits per heavy atom. The van der Waals surface area contributed by atoms with Crippen molar-refractivity contribution >= 4 is 23.5 Å². The van der Waals surface area contributed by atoms with Gasteiger partial charge in [-0.1, -0.05) is 26.0 Å². The van der Waals surface area contributed by atoms with E-state index in [4.69, 9.17) is 4.74 Å². The molecule has 4 atom stereocenters. The molecule has 1 heterocycles. The van der Waals surface area contributed by atoms with Crippen LogP contribution >= 0.6 is 23.5 Å². The molecule has 0 aromatic heterocycles. The van der Waals surface area contributed by atoms with Crippen LogP contribution in [0.2, 0.25) is 0 Å². The van der Waals surface area contributed by atoms with E-state index in [2.05, 4.69) is 26.0 Å². The summed E-state index contributed by atoms with van der Waals surface area (Å²) in [7, 11) is 1.68. The second-order valence-electron chi connectivity index (χ2n) is 5.37. The lowest BCUT2D eigenvalue weighted by molar-refractivity contribution is 0.167. The number of thioether (sulfide) groups is 2. The molecule has 0 radical (unpaired) electrons. The van der Waals surface area contributed by atoms with Gasteiger partial charge in [-0.15, -0.1) is 0 Å². The molecule has 20 heavy (non-hydrogen) atoms. The van der Waals surface area contributed by atoms with Gasteiger partial charge in [-0.05, 0) is 30.5 Å². The molecule has 1 aromatic rings. The summed E-state index contributed by atoms with van der Waals surface area (Å²) in [6.45, 7) is 4.55. The van der Waals surface area contributed by atoms with Crippen molar-refractivity contribution in [3.8, 4) is 5.75 Å². The monoisotopic (exact) mass is 312 g/mol. The first-order valence-corrected chi connectivity index (χ1v) is 9.17. The van der Waals surface area contributed by atoms with E-state index in [9.17, 15) is 5.11 Å². The number of hydrogen-bond acceptors (Lipinski definition) is 4. The molecule has 112 valence electrons. The Morgan fingerprint density at radius 1 is 1.25 bits per heavy atom. The standard InChI is InChI=1S/C16H24O2S2/c1-11-12(2)20-16(10-19-11)15(17)9-6-13-4-7-14(18-3)8-5-13/h4-5,7-8,11-12,15-17H,6,9-10H2,1-3H3. The predicted octanol–water partition coefficient (Wildman–Crippen LogP) is 3.61. The van der Waals surface area contributed by atoms with Crippen molar-refractivity contribution in [2.24, 2.45) is 0 Å². The number of benzene rings is 1. The van der Waals surface area contributed by atoms with Gasteiger partial charge in [0.1, 0.15) is 5.75 Å². The van der Waals surface area contributed by atoms with Crippen molar-refractivity contribution < 1.29 is 9.84 Å². The average Bonchev–Trinajstić information content (AvgIpc) is 2.48. The first kappa shape index (κ1) is 16.1. The number of aryl methyl sites for hydroxylation is 1. The van der Waals surface area contributed by atoms with E-state index in [1.165, 1.54) is 5.56 Å². The van der Waals surface area contributed by atoms with Crippen molar-refractivity contribution in [2.45, 2.75) is 48.5 Å². The maximum absolute atomic E-state index is 10.4. The summed E-state index contributed by atoms with van der Waals surface area (Å²) in [6, 6.07) is 8.13. The Labute approximate surface area is 130 Å². The van der Waals surface area contributed by atoms with E-state index in [1.807, 2.05) is 35.7 Å². The summed E-state index contributed by atoms with van der Waals surface area (Å²) in [5.41, 5.74) is 1.26. The van der Waals surface area contributed by atoms with Crippen LogP contribution in [-0.2, 0) is 6.42 Å². The lowest BCUT2D eigenvalue weighted by Crippen LogP contribution is -2.34. The van der Waals surface area contributed by atoms with Crippen molar-refractivity contribution in [1.82, 2.24) is 0 Å². The molecule has 4 heteroatoms. The first-order valence-electron chi connectivity index (χ1n) is 7.18. The molecule has 0 saturated carbocycles. The summed E-state index contributed by atoms with van der Waals surface area (Å²) in [5.74, 6) is 1.95. The van der Waals surface area contributed by atoms with Crippen LogP contribution in [0.4, 0.5) is 0 Å². The highest BCUT2D eigenvalue weighted by atomic mass is 32.2. The smallest absolute Gasteiger partial charge is 0.118 e. The minimum atomic E-state index is -0.204. The predicted molar refractivity (Wildman–Crippen MR) is 90.1 cm³/mol. The lowest BCUT2D eigenvalue weighted by Gasteiger charge is -2.33. The van der Waals surface area contributed by atoms with Crippen molar-refractivity contribution in [1.29, 1.82) is 0 Å². The Morgan fingerprint density at radius 3 is 2.55 bits per heavy atom. The third kappa shape index (κ3) is 4.34. The van der Waals surface area contributed by atoms with E-state index >= 15 is 0 Å². The third-order valence-corrected chi connectivity index (χ3v) is 7.43. The van der Waals surface area contributed by atoms with E-state index in [0.29, 0.717) is 15.7 Å². The second kappa shape index (κ2) is 7.62. The second-order valence-corrected chi connectivity index (χ2v) is 8.40. The number of hydrogen-bond donors (Lipinski definition) is 1. The van der Waals surface area contributed by atoms with Gasteiger partial charge in [-0.3, -0.25) is 0 Å². The number of aliphatic hydroxyl groups excluding tert-OH is 1. The molecular weight excluding hydrogens is 288 g/mol. The fourth-order valence-corrected chi connectivity index (χ4v) is 5.36. The number of aliphatic hydroxyl groups is 1. The van der Waals surface area contributed by atoms with Crippen LogP contribution in [0.3, 0.4) is 0 Å². The molecule has 2 nitrogen and oxygen atoms in total. The summed E-state index contributed by atoms with van der Waals surface area (Å²) in [6.07, 6.45) is 1.56. The van der Waals surface area contributed by atoms with Crippen LogP contribution in [-0.4, -0.2) is 39.8 Å². The van der Waals surface area contributed by atoms with Crippen LogP contribution in [0.15, 0.2) is 24.3 Å². The highest BCUT2D eigenvalue weighted by Crippen LogP contribution is 2.37. The molecule has 0 amide bonds. The van der Waals surface area contributed by atoms with Gasteiger partial charge in [0.25, 0.3) is 0 Å². The van der Waals surface area contributed by atoms with Crippen molar-refractivity contribution in [3.05, 3.63) is 29.8 Å². The highest BCUT2D eigenvalue weighted by Gasteiger charge is 2.29. The maximum atomic E-state index is 10.4. The van der Waals surface area contributed by atoms with Gasteiger partial charge in [0, 0.05) is 21.5 Å². The maximum Gasteiger partial charge on any atom is 0.118 e. The van der Waals surface area contributed by atoms with Gasteiger partial charge in [0.15, 0.2) is 0 Å². The van der Waals surface area contributed by atoms with Gasteiger partial charge < -0.3 is 9.84 Å². The fourth-order valence-electron chi connectivity index (χ4n) is 2.30. The number of rotatable bonds is 5. The SMILES string of the molecule is COc1ccc(CCC(O)C2CSC(C)C(C)S2)cc1. The largest absolute Gasteiger partial charge is 0.497 e. The first-order chi connectivity index (χ1) is 9.60. The summed E-state index contributed by atoms with van der Waals surface area (Å²) in [5, 5.41) is 12.1. The molecule has 1 N–H and O–H groups in total. The zero-order chi connectivity index (χ0) is 14.5. The van der Waals surface area contributed by atoms with Crippen LogP contribution in [0.5, 0.6) is 5.75 Å². The molecule has 1 aliphatic rings. The van der Waals surface area contributed by atoms with Gasteiger partial charge in [0.05, 0.1) is 13.2 Å². The Hall–Kier alpha value is -0.320. The number of ether oxygens (including phenoxy) is 1. The van der Waals surface area contributed by atoms with Gasteiger partial charge in [-0.2, -0.15) is 23.5 Å². The van der Waals surface area contributed by atoms with Crippen LogP contribution in [0.25, 0.3) is 0 Å². The zero-order valence-electron chi connectivity index (χ0n) is 12.4. The molecule has 1 aromatic carbocycles. The topological polar surface area (TPSA) is 29.5 Å². The van der Waals surface area contributed by atoms with Crippen LogP contribution in [0, 0.1) is 0 Å². The fraction of sp³-hybridized carbons (Fsp3) is 0.625. The van der Waals surface area contributed by atoms with Gasteiger partial charge >= 0.3 is 0 Å². The number of methoxy groups -OCH3 is 1. The Kier molecular flexibility index (Phi) is 6.12. The van der Waals surface area contributed by atoms with E-state index in [0.717, 1.165) is 24.3 Å². The van der Waals surface area contributed by atoms with E-state index in [-0.39, 0.29) is 6.10 Å². The normalized spacial score (nSPS) is 28.1. The van der Waals surface area contributed by atoms with Crippen LogP contribution < -0.4 is 4.74 Å². The molecule has 1 saturated heterocycles. The van der Waals surface area contributed by atoms with Gasteiger partial charge in [0.2, 0.25) is 0 Å². The van der Waals surface area contributed by atoms with E-state index in [1.54, 1.807) is 7.11 Å². The summed E-state index contributed by atoms with van der Waals surface area (Å²) >= 11 is 3.94. The third-order valence-electron chi connectivity index (χ3n) is 3.89. The molecule has 0 bridgehead atoms. The van der Waals surface area contributed by atoms with Crippen molar-refractivity contribution in [3.63, 3.8) is 0 Å². The van der Waals surface area contributed by atoms with E-state index < -0.39 is 0 Å². The van der Waals surface area contributed by atoms with Gasteiger partial charge in [-0.25, -0.2) is 0 Å². The highest BCUT2D eigenvalue weighted by molar-refractivity contribution is 8.07. The van der Waals surface area contributed by atoms with Crippen LogP contribution in [0.1, 0.15) is 25.8 Å². The molecule has 0 spiro atoms. The molecule has 4 unspecified atom stereocenters. The molecule has 0 aliphatic carbocycles. The zero-order valence-corrected chi connectivity index (χ0v) is 14.0. The Bertz CT molecular complexity index is 407. The molecule has 1 aliphatic heterocycles. The molecular formula is C16H24O2S2. The lowest BCUT2D eigenvalue weighted by atomic mass is 10.1. The minimum Gasteiger partial charge on any atom is -0.497 e. The molecule has 1 fully saturated rings. The average molecular weight is 312 g/mol. The molecule has 2 rings (SSSR count). The Balaban J connectivity index is 1.80. The quantitative estimate of drug-likeness (QED) is 0.899.